The quantitative estimate of drug-likeness (QED) is 0.856. The van der Waals surface area contributed by atoms with Crippen LogP contribution >= 0.6 is 0 Å². The second kappa shape index (κ2) is 6.91. The fraction of sp³-hybridized carbons (Fsp3) is 0.632. The summed E-state index contributed by atoms with van der Waals surface area (Å²) in [6.07, 6.45) is 5.25. The molecule has 1 amide bonds. The highest BCUT2D eigenvalue weighted by molar-refractivity contribution is 5.79. The molecule has 1 aromatic rings. The molecule has 0 aliphatic carbocycles. The summed E-state index contributed by atoms with van der Waals surface area (Å²) in [6, 6.07) is 8.36. The molecule has 126 valence electrons. The minimum Gasteiger partial charge on any atom is -0.497 e. The summed E-state index contributed by atoms with van der Waals surface area (Å²) in [5, 5.41) is 0. The molecule has 1 unspecified atom stereocenters. The van der Waals surface area contributed by atoms with Crippen LogP contribution in [0.15, 0.2) is 24.3 Å². The van der Waals surface area contributed by atoms with Crippen LogP contribution in [0, 0.1) is 0 Å². The highest BCUT2D eigenvalue weighted by atomic mass is 16.5. The third-order valence-electron chi connectivity index (χ3n) is 5.57. The van der Waals surface area contributed by atoms with E-state index >= 15 is 0 Å². The third kappa shape index (κ3) is 3.37. The van der Waals surface area contributed by atoms with Crippen LogP contribution < -0.4 is 4.74 Å². The molecule has 23 heavy (non-hydrogen) atoms. The molecule has 0 aromatic heterocycles. The number of likely N-dealkylation sites (tertiary alicyclic amines) is 2. The van der Waals surface area contributed by atoms with Gasteiger partial charge in [-0.05, 0) is 56.8 Å². The number of methoxy groups -OCH3 is 1. The number of carbonyl (C=O) groups is 1. The van der Waals surface area contributed by atoms with Crippen molar-refractivity contribution in [2.45, 2.75) is 51.1 Å². The van der Waals surface area contributed by atoms with Gasteiger partial charge in [0.15, 0.2) is 0 Å². The molecule has 3 rings (SSSR count). The number of nitrogens with zero attached hydrogens (tertiary/aromatic N) is 2. The molecule has 2 aliphatic heterocycles. The van der Waals surface area contributed by atoms with E-state index in [9.17, 15) is 4.79 Å². The predicted molar refractivity (Wildman–Crippen MR) is 91.5 cm³/mol. The van der Waals surface area contributed by atoms with Gasteiger partial charge in [0.25, 0.3) is 0 Å². The molecule has 2 heterocycles. The van der Waals surface area contributed by atoms with Gasteiger partial charge in [-0.1, -0.05) is 12.1 Å². The Morgan fingerprint density at radius 2 is 1.91 bits per heavy atom. The van der Waals surface area contributed by atoms with Crippen LogP contribution in [-0.4, -0.2) is 48.0 Å². The molecular formula is C19H28N2O2. The Bertz CT molecular complexity index is 543. The Morgan fingerprint density at radius 1 is 1.13 bits per heavy atom. The molecule has 2 fully saturated rings. The minimum absolute atomic E-state index is 0.139. The van der Waals surface area contributed by atoms with Gasteiger partial charge in [0.2, 0.25) is 5.91 Å². The Balaban J connectivity index is 1.63. The van der Waals surface area contributed by atoms with E-state index in [-0.39, 0.29) is 5.54 Å². The fourth-order valence-electron chi connectivity index (χ4n) is 4.29. The van der Waals surface area contributed by atoms with Crippen molar-refractivity contribution in [3.05, 3.63) is 29.8 Å². The van der Waals surface area contributed by atoms with Crippen LogP contribution in [0.25, 0.3) is 0 Å². The Hall–Kier alpha value is -1.55. The number of hydrogen-bond donors (Lipinski definition) is 0. The third-order valence-corrected chi connectivity index (χ3v) is 5.57. The second-order valence-corrected chi connectivity index (χ2v) is 6.84. The van der Waals surface area contributed by atoms with Crippen LogP contribution in [0.5, 0.6) is 5.75 Å². The summed E-state index contributed by atoms with van der Waals surface area (Å²) in [5.74, 6) is 1.27. The van der Waals surface area contributed by atoms with E-state index in [1.165, 1.54) is 12.0 Å². The predicted octanol–water partition coefficient (Wildman–Crippen LogP) is 3.06. The van der Waals surface area contributed by atoms with E-state index in [1.807, 2.05) is 12.1 Å². The average Bonchev–Trinajstić information content (AvgIpc) is 2.75. The molecule has 2 aliphatic rings. The largest absolute Gasteiger partial charge is 0.497 e. The van der Waals surface area contributed by atoms with Crippen molar-refractivity contribution in [2.75, 3.05) is 26.7 Å². The molecular weight excluding hydrogens is 288 g/mol. The zero-order chi connectivity index (χ0) is 16.3. The average molecular weight is 316 g/mol. The Labute approximate surface area is 139 Å². The van der Waals surface area contributed by atoms with Gasteiger partial charge in [-0.15, -0.1) is 0 Å². The molecule has 0 N–H and O–H groups in total. The second-order valence-electron chi connectivity index (χ2n) is 6.84. The molecule has 0 radical (unpaired) electrons. The summed E-state index contributed by atoms with van der Waals surface area (Å²) in [5.41, 5.74) is 1.47. The van der Waals surface area contributed by atoms with Gasteiger partial charge < -0.3 is 9.64 Å². The van der Waals surface area contributed by atoms with E-state index in [0.29, 0.717) is 5.91 Å². The van der Waals surface area contributed by atoms with Gasteiger partial charge in [0.1, 0.15) is 5.75 Å². The lowest BCUT2D eigenvalue weighted by Gasteiger charge is -2.37. The normalized spacial score (nSPS) is 25.8. The van der Waals surface area contributed by atoms with E-state index in [1.54, 1.807) is 7.11 Å². The van der Waals surface area contributed by atoms with E-state index in [0.717, 1.165) is 57.6 Å². The molecule has 4 heteroatoms. The van der Waals surface area contributed by atoms with Crippen LogP contribution in [0.3, 0.4) is 0 Å². The van der Waals surface area contributed by atoms with Crippen LogP contribution in [0.2, 0.25) is 0 Å². The van der Waals surface area contributed by atoms with Gasteiger partial charge in [-0.3, -0.25) is 9.69 Å². The number of rotatable bonds is 4. The van der Waals surface area contributed by atoms with Crippen molar-refractivity contribution in [3.63, 3.8) is 0 Å². The summed E-state index contributed by atoms with van der Waals surface area (Å²) in [4.78, 5) is 16.8. The van der Waals surface area contributed by atoms with Crippen molar-refractivity contribution in [1.29, 1.82) is 0 Å². The molecule has 1 aromatic carbocycles. The maximum atomic E-state index is 12.1. The lowest BCUT2D eigenvalue weighted by Crippen LogP contribution is -2.46. The monoisotopic (exact) mass is 316 g/mol. The fourth-order valence-corrected chi connectivity index (χ4v) is 4.29. The smallest absolute Gasteiger partial charge is 0.223 e. The maximum absolute atomic E-state index is 12.1. The molecule has 0 saturated carbocycles. The number of amides is 1. The van der Waals surface area contributed by atoms with Gasteiger partial charge in [-0.2, -0.15) is 0 Å². The summed E-state index contributed by atoms with van der Waals surface area (Å²) >= 11 is 0. The molecule has 1 atom stereocenters. The Kier molecular flexibility index (Phi) is 4.90. The molecule has 0 bridgehead atoms. The van der Waals surface area contributed by atoms with E-state index in [4.69, 9.17) is 4.74 Å². The molecule has 1 spiro atoms. The lowest BCUT2D eigenvalue weighted by molar-refractivity contribution is -0.131. The van der Waals surface area contributed by atoms with Crippen LogP contribution in [-0.2, 0) is 11.3 Å². The van der Waals surface area contributed by atoms with E-state index in [2.05, 4.69) is 28.9 Å². The van der Waals surface area contributed by atoms with Crippen LogP contribution in [0.4, 0.5) is 0 Å². The van der Waals surface area contributed by atoms with Gasteiger partial charge in [0.05, 0.1) is 7.11 Å². The summed E-state index contributed by atoms with van der Waals surface area (Å²) in [6.45, 7) is 6.16. The van der Waals surface area contributed by atoms with Crippen molar-refractivity contribution < 1.29 is 9.53 Å². The topological polar surface area (TPSA) is 32.8 Å². The Morgan fingerprint density at radius 3 is 2.61 bits per heavy atom. The first-order valence-corrected chi connectivity index (χ1v) is 8.82. The first kappa shape index (κ1) is 16.3. The van der Waals surface area contributed by atoms with Gasteiger partial charge >= 0.3 is 0 Å². The highest BCUT2D eigenvalue weighted by Crippen LogP contribution is 2.39. The molecule has 4 nitrogen and oxygen atoms in total. The van der Waals surface area contributed by atoms with Crippen LogP contribution in [0.1, 0.15) is 44.6 Å². The number of carbonyl (C=O) groups excluding carboxylic acids is 1. The minimum atomic E-state index is 0.139. The zero-order valence-electron chi connectivity index (χ0n) is 14.4. The number of ether oxygens (including phenoxy) is 1. The van der Waals surface area contributed by atoms with Crippen molar-refractivity contribution in [2.24, 2.45) is 0 Å². The highest BCUT2D eigenvalue weighted by Gasteiger charge is 2.44. The first-order chi connectivity index (χ1) is 11.2. The number of benzene rings is 1. The maximum Gasteiger partial charge on any atom is 0.223 e. The zero-order valence-corrected chi connectivity index (χ0v) is 14.4. The van der Waals surface area contributed by atoms with E-state index < -0.39 is 0 Å². The van der Waals surface area contributed by atoms with Gasteiger partial charge in [0, 0.05) is 31.6 Å². The van der Waals surface area contributed by atoms with Crippen molar-refractivity contribution in [3.8, 4) is 5.75 Å². The number of hydrogen-bond acceptors (Lipinski definition) is 3. The SMILES string of the molecule is CCN1C(=O)CCC12CCCN(Cc1ccc(OC)cc1)CC2. The summed E-state index contributed by atoms with van der Waals surface area (Å²) in [7, 11) is 1.70. The molecule has 2 saturated heterocycles. The van der Waals surface area contributed by atoms with Crippen molar-refractivity contribution >= 4 is 5.91 Å². The van der Waals surface area contributed by atoms with Gasteiger partial charge in [-0.25, -0.2) is 0 Å². The first-order valence-electron chi connectivity index (χ1n) is 8.82. The standard InChI is InChI=1S/C19H28N2O2/c1-3-21-18(22)9-11-19(21)10-4-13-20(14-12-19)15-16-5-7-17(23-2)8-6-16/h5-8H,3-4,9-15H2,1-2H3. The summed E-state index contributed by atoms with van der Waals surface area (Å²) < 4.78 is 5.23. The lowest BCUT2D eigenvalue weighted by atomic mass is 9.88. The van der Waals surface area contributed by atoms with Crippen molar-refractivity contribution in [1.82, 2.24) is 9.80 Å².